The summed E-state index contributed by atoms with van der Waals surface area (Å²) in [5.41, 5.74) is 0.221. The summed E-state index contributed by atoms with van der Waals surface area (Å²) < 4.78 is 5.79. The smallest absolute Gasteiger partial charge is 0.270 e. The number of nitrogens with zero attached hydrogens (tertiary/aromatic N) is 5. The average Bonchev–Trinajstić information content (AvgIpc) is 2.79. The van der Waals surface area contributed by atoms with Gasteiger partial charge in [0.1, 0.15) is 17.9 Å². The van der Waals surface area contributed by atoms with Crippen LogP contribution in [0.25, 0.3) is 0 Å². The van der Waals surface area contributed by atoms with E-state index in [4.69, 9.17) is 4.74 Å². The van der Waals surface area contributed by atoms with E-state index in [2.05, 4.69) is 14.9 Å². The number of para-hydroxylation sites is 1. The van der Waals surface area contributed by atoms with Gasteiger partial charge in [-0.15, -0.1) is 0 Å². The molecule has 4 rings (SSSR count). The predicted octanol–water partition coefficient (Wildman–Crippen LogP) is 3.53. The Hall–Kier alpha value is -4.01. The molecule has 1 fully saturated rings. The van der Waals surface area contributed by atoms with Crippen molar-refractivity contribution in [1.29, 1.82) is 0 Å². The van der Waals surface area contributed by atoms with Crippen LogP contribution in [0.5, 0.6) is 11.6 Å². The maximum atomic E-state index is 12.9. The second-order valence-electron chi connectivity index (χ2n) is 7.23. The number of carbonyl (C=O) groups is 1. The Morgan fingerprint density at radius 1 is 1.10 bits per heavy atom. The Balaban J connectivity index is 1.45. The largest absolute Gasteiger partial charge is 0.439 e. The van der Waals surface area contributed by atoms with Crippen LogP contribution >= 0.6 is 0 Å². The van der Waals surface area contributed by atoms with Crippen molar-refractivity contribution in [2.45, 2.75) is 13.0 Å². The molecule has 1 unspecified atom stereocenters. The molecule has 0 spiro atoms. The van der Waals surface area contributed by atoms with E-state index in [1.165, 1.54) is 24.5 Å². The SMILES string of the molecule is CC1CN(c2cc(Oc3ccccc3)ncn2)CCN1C(=O)c1cccc([N+](=O)[O-])c1. The maximum absolute atomic E-state index is 12.9. The summed E-state index contributed by atoms with van der Waals surface area (Å²) in [5, 5.41) is 11.0. The Kier molecular flexibility index (Phi) is 5.74. The van der Waals surface area contributed by atoms with Crippen LogP contribution in [0.15, 0.2) is 67.0 Å². The van der Waals surface area contributed by atoms with Crippen molar-refractivity contribution in [2.24, 2.45) is 0 Å². The molecule has 1 atom stereocenters. The fraction of sp³-hybridized carbons (Fsp3) is 0.227. The second-order valence-corrected chi connectivity index (χ2v) is 7.23. The zero-order valence-corrected chi connectivity index (χ0v) is 16.9. The van der Waals surface area contributed by atoms with Gasteiger partial charge < -0.3 is 14.5 Å². The number of anilines is 1. The number of piperazine rings is 1. The van der Waals surface area contributed by atoms with Gasteiger partial charge in [-0.1, -0.05) is 24.3 Å². The number of nitro benzene ring substituents is 1. The number of benzene rings is 2. The molecule has 2 heterocycles. The van der Waals surface area contributed by atoms with E-state index in [0.717, 1.165) is 5.82 Å². The van der Waals surface area contributed by atoms with Gasteiger partial charge in [-0.25, -0.2) is 9.97 Å². The van der Waals surface area contributed by atoms with Gasteiger partial charge in [-0.2, -0.15) is 0 Å². The Labute approximate surface area is 179 Å². The fourth-order valence-electron chi connectivity index (χ4n) is 3.55. The summed E-state index contributed by atoms with van der Waals surface area (Å²) in [6.45, 7) is 3.57. The van der Waals surface area contributed by atoms with Gasteiger partial charge in [0.05, 0.1) is 4.92 Å². The third-order valence-corrected chi connectivity index (χ3v) is 5.11. The molecule has 0 radical (unpaired) electrons. The molecule has 1 aliphatic heterocycles. The van der Waals surface area contributed by atoms with Gasteiger partial charge in [0, 0.05) is 49.4 Å². The van der Waals surface area contributed by atoms with Gasteiger partial charge >= 0.3 is 0 Å². The maximum Gasteiger partial charge on any atom is 0.270 e. The van der Waals surface area contributed by atoms with Crippen LogP contribution in [0.4, 0.5) is 11.5 Å². The van der Waals surface area contributed by atoms with Gasteiger partial charge in [0.15, 0.2) is 0 Å². The van der Waals surface area contributed by atoms with Crippen LogP contribution in [0.1, 0.15) is 17.3 Å². The first-order valence-corrected chi connectivity index (χ1v) is 9.86. The highest BCUT2D eigenvalue weighted by Crippen LogP contribution is 2.24. The van der Waals surface area contributed by atoms with Crippen LogP contribution < -0.4 is 9.64 Å². The number of nitro groups is 1. The zero-order valence-electron chi connectivity index (χ0n) is 16.9. The molecular weight excluding hydrogens is 398 g/mol. The monoisotopic (exact) mass is 419 g/mol. The summed E-state index contributed by atoms with van der Waals surface area (Å²) in [6.07, 6.45) is 1.46. The molecule has 1 amide bonds. The first kappa shape index (κ1) is 20.3. The van der Waals surface area contributed by atoms with Crippen LogP contribution in [-0.2, 0) is 0 Å². The molecule has 1 aromatic heterocycles. The van der Waals surface area contributed by atoms with E-state index >= 15 is 0 Å². The van der Waals surface area contributed by atoms with Crippen LogP contribution in [0, 0.1) is 10.1 Å². The minimum absolute atomic E-state index is 0.0935. The summed E-state index contributed by atoms with van der Waals surface area (Å²) >= 11 is 0. The van der Waals surface area contributed by atoms with Gasteiger partial charge in [0.2, 0.25) is 5.88 Å². The van der Waals surface area contributed by atoms with Crippen molar-refractivity contribution < 1.29 is 14.5 Å². The normalized spacial score (nSPS) is 16.1. The minimum atomic E-state index is -0.498. The molecule has 158 valence electrons. The molecular formula is C22H21N5O4. The van der Waals surface area contributed by atoms with Crippen molar-refractivity contribution >= 4 is 17.4 Å². The first-order valence-electron chi connectivity index (χ1n) is 9.86. The van der Waals surface area contributed by atoms with Crippen LogP contribution in [0.3, 0.4) is 0 Å². The summed E-state index contributed by atoms with van der Waals surface area (Å²) in [5.74, 6) is 1.63. The Morgan fingerprint density at radius 2 is 1.90 bits per heavy atom. The molecule has 1 aliphatic rings. The first-order chi connectivity index (χ1) is 15.0. The average molecular weight is 419 g/mol. The molecule has 9 nitrogen and oxygen atoms in total. The predicted molar refractivity (Wildman–Crippen MR) is 114 cm³/mol. The zero-order chi connectivity index (χ0) is 21.8. The quantitative estimate of drug-likeness (QED) is 0.460. The van der Waals surface area contributed by atoms with Gasteiger partial charge in [-0.3, -0.25) is 14.9 Å². The summed E-state index contributed by atoms with van der Waals surface area (Å²) in [4.78, 5) is 35.8. The number of non-ortho nitro benzene ring substituents is 1. The number of aromatic nitrogens is 2. The number of ether oxygens (including phenoxy) is 1. The van der Waals surface area contributed by atoms with Crippen LogP contribution in [-0.4, -0.2) is 51.4 Å². The van der Waals surface area contributed by atoms with Gasteiger partial charge in [-0.05, 0) is 25.1 Å². The standard InChI is InChI=1S/C22H21N5O4/c1-16-14-25(20-13-21(24-15-23-20)31-19-8-3-2-4-9-19)10-11-26(16)22(28)17-6-5-7-18(12-17)27(29)30/h2-9,12-13,15-16H,10-11,14H2,1H3. The number of hydrogen-bond donors (Lipinski definition) is 0. The molecule has 0 saturated carbocycles. The molecule has 0 aliphatic carbocycles. The third kappa shape index (κ3) is 4.61. The molecule has 0 N–H and O–H groups in total. The van der Waals surface area contributed by atoms with E-state index in [1.54, 1.807) is 17.0 Å². The van der Waals surface area contributed by atoms with Gasteiger partial charge in [0.25, 0.3) is 11.6 Å². The highest BCUT2D eigenvalue weighted by Gasteiger charge is 2.29. The van der Waals surface area contributed by atoms with E-state index < -0.39 is 4.92 Å². The van der Waals surface area contributed by atoms with Crippen molar-refractivity contribution in [3.05, 3.63) is 82.7 Å². The van der Waals surface area contributed by atoms with E-state index in [-0.39, 0.29) is 17.6 Å². The lowest BCUT2D eigenvalue weighted by molar-refractivity contribution is -0.384. The highest BCUT2D eigenvalue weighted by molar-refractivity contribution is 5.95. The number of rotatable bonds is 5. The lowest BCUT2D eigenvalue weighted by Gasteiger charge is -2.40. The van der Waals surface area contributed by atoms with E-state index in [0.29, 0.717) is 36.8 Å². The topological polar surface area (TPSA) is 102 Å². The number of amides is 1. The number of carbonyl (C=O) groups excluding carboxylic acids is 1. The molecule has 3 aromatic rings. The molecule has 9 heteroatoms. The summed E-state index contributed by atoms with van der Waals surface area (Å²) in [6, 6.07) is 16.9. The lowest BCUT2D eigenvalue weighted by Crippen LogP contribution is -2.54. The van der Waals surface area contributed by atoms with Crippen molar-refractivity contribution in [3.63, 3.8) is 0 Å². The Bertz CT molecular complexity index is 1090. The molecule has 1 saturated heterocycles. The number of hydrogen-bond acceptors (Lipinski definition) is 7. The van der Waals surface area contributed by atoms with Crippen LogP contribution in [0.2, 0.25) is 0 Å². The Morgan fingerprint density at radius 3 is 2.65 bits per heavy atom. The van der Waals surface area contributed by atoms with E-state index in [1.807, 2.05) is 37.3 Å². The fourth-order valence-corrected chi connectivity index (χ4v) is 3.55. The van der Waals surface area contributed by atoms with Crippen molar-refractivity contribution in [2.75, 3.05) is 24.5 Å². The second kappa shape index (κ2) is 8.78. The van der Waals surface area contributed by atoms with Crippen molar-refractivity contribution in [3.8, 4) is 11.6 Å². The van der Waals surface area contributed by atoms with E-state index in [9.17, 15) is 14.9 Å². The highest BCUT2D eigenvalue weighted by atomic mass is 16.6. The molecule has 31 heavy (non-hydrogen) atoms. The summed E-state index contributed by atoms with van der Waals surface area (Å²) in [7, 11) is 0. The molecule has 0 bridgehead atoms. The molecule has 2 aromatic carbocycles. The lowest BCUT2D eigenvalue weighted by atomic mass is 10.1. The van der Waals surface area contributed by atoms with Crippen molar-refractivity contribution in [1.82, 2.24) is 14.9 Å². The minimum Gasteiger partial charge on any atom is -0.439 e. The third-order valence-electron chi connectivity index (χ3n) is 5.11.